The van der Waals surface area contributed by atoms with Crippen LogP contribution in [0.1, 0.15) is 16.7 Å². The molecule has 0 aliphatic rings. The van der Waals surface area contributed by atoms with Crippen molar-refractivity contribution in [3.8, 4) is 39.1 Å². The van der Waals surface area contributed by atoms with Crippen molar-refractivity contribution in [2.24, 2.45) is 0 Å². The molecule has 1 nitrogen and oxygen atoms in total. The molecular weight excluding hydrogens is 675 g/mol. The van der Waals surface area contributed by atoms with Crippen LogP contribution in [0.4, 0.5) is 0 Å². The second-order valence-electron chi connectivity index (χ2n) is 14.4. The van der Waals surface area contributed by atoms with E-state index in [1.54, 1.807) is 0 Å². The van der Waals surface area contributed by atoms with E-state index in [1.807, 2.05) is 6.07 Å². The molecule has 1 heterocycles. The van der Waals surface area contributed by atoms with Gasteiger partial charge in [-0.05, 0) is 94.8 Å². The van der Waals surface area contributed by atoms with E-state index in [0.717, 1.165) is 0 Å². The molecule has 0 aliphatic heterocycles. The zero-order valence-corrected chi connectivity index (χ0v) is 32.2. The van der Waals surface area contributed by atoms with Crippen LogP contribution >= 0.6 is 0 Å². The van der Waals surface area contributed by atoms with E-state index in [9.17, 15) is 0 Å². The lowest BCUT2D eigenvalue weighted by Gasteiger charge is -2.10. The predicted octanol–water partition coefficient (Wildman–Crippen LogP) is 15.2. The minimum absolute atomic E-state index is 1.18. The first-order chi connectivity index (χ1) is 27.5. The number of fused-ring (bicyclic) bond motifs is 4. The summed E-state index contributed by atoms with van der Waals surface area (Å²) in [4.78, 5) is 0. The van der Waals surface area contributed by atoms with Gasteiger partial charge in [0, 0.05) is 16.5 Å². The van der Waals surface area contributed by atoms with Crippen LogP contribution in [0.3, 0.4) is 0 Å². The van der Waals surface area contributed by atoms with Gasteiger partial charge in [0.1, 0.15) is 0 Å². The average Bonchev–Trinajstić information content (AvgIpc) is 3.59. The molecule has 0 spiro atoms. The third kappa shape index (κ3) is 7.94. The van der Waals surface area contributed by atoms with Gasteiger partial charge in [-0.15, -0.1) is 0 Å². The van der Waals surface area contributed by atoms with E-state index in [4.69, 9.17) is 0 Å². The molecule has 270 valence electrons. The molecule has 0 radical (unpaired) electrons. The van der Waals surface area contributed by atoms with Crippen molar-refractivity contribution in [1.82, 2.24) is 4.57 Å². The normalized spacial score (nSPS) is 10.8. The van der Waals surface area contributed by atoms with Gasteiger partial charge in [-0.3, -0.25) is 0 Å². The van der Waals surface area contributed by atoms with Crippen molar-refractivity contribution >= 4 is 32.6 Å². The minimum Gasteiger partial charge on any atom is -0.309 e. The van der Waals surface area contributed by atoms with Gasteiger partial charge >= 0.3 is 0 Å². The van der Waals surface area contributed by atoms with E-state index in [0.29, 0.717) is 0 Å². The summed E-state index contributed by atoms with van der Waals surface area (Å²) in [5.74, 6) is 0. The van der Waals surface area contributed by atoms with Gasteiger partial charge in [0.25, 0.3) is 0 Å². The van der Waals surface area contributed by atoms with Crippen molar-refractivity contribution in [1.29, 1.82) is 0 Å². The Bertz CT molecular complexity index is 2840. The summed E-state index contributed by atoms with van der Waals surface area (Å²) in [5, 5.41) is 5.25. The molecule has 0 N–H and O–H groups in total. The zero-order valence-electron chi connectivity index (χ0n) is 32.2. The monoisotopic (exact) mass is 719 g/mol. The van der Waals surface area contributed by atoms with Crippen molar-refractivity contribution in [2.45, 2.75) is 20.8 Å². The van der Waals surface area contributed by atoms with E-state index >= 15 is 0 Å². The van der Waals surface area contributed by atoms with Gasteiger partial charge in [0.15, 0.2) is 0 Å². The molecule has 9 aromatic carbocycles. The number of aromatic nitrogens is 1. The molecule has 56 heavy (non-hydrogen) atoms. The molecule has 0 fully saturated rings. The number of benzene rings is 9. The lowest BCUT2D eigenvalue weighted by molar-refractivity contribution is 1.18. The van der Waals surface area contributed by atoms with Crippen LogP contribution in [0.5, 0.6) is 0 Å². The highest BCUT2D eigenvalue weighted by Gasteiger charge is 2.13. The summed E-state index contributed by atoms with van der Waals surface area (Å²) in [6.45, 7) is 6.39. The van der Waals surface area contributed by atoms with E-state index in [-0.39, 0.29) is 0 Å². The standard InChI is InChI=1S/C31H23N.C13H12.C11H10/c1-22-8-7-11-25(20-22)26-16-19-29-28-12-5-6-13-30(28)32(31(29)21-26)27-17-14-24(15-18-27)23-9-3-2-4-10-23;1-11-7-9-13(10-8-11)12-5-3-2-4-6-12;1-9-5-4-7-10-6-2-3-8-11(9)10/h2-21H,1H3;2-10H,1H3;2-8H,1H3. The summed E-state index contributed by atoms with van der Waals surface area (Å²) in [6.07, 6.45) is 0. The molecular formula is C55H45N. The quantitative estimate of drug-likeness (QED) is 0.171. The Morgan fingerprint density at radius 2 is 0.768 bits per heavy atom. The third-order valence-electron chi connectivity index (χ3n) is 10.4. The Hall–Kier alpha value is -6.96. The first kappa shape index (κ1) is 36.0. The fourth-order valence-corrected chi connectivity index (χ4v) is 7.45. The van der Waals surface area contributed by atoms with E-state index in [1.165, 1.54) is 88.3 Å². The summed E-state index contributed by atoms with van der Waals surface area (Å²) >= 11 is 0. The van der Waals surface area contributed by atoms with Gasteiger partial charge in [-0.2, -0.15) is 0 Å². The van der Waals surface area contributed by atoms with Crippen LogP contribution in [0, 0.1) is 20.8 Å². The predicted molar refractivity (Wildman–Crippen MR) is 242 cm³/mol. The van der Waals surface area contributed by atoms with Crippen LogP contribution < -0.4 is 0 Å². The molecule has 0 aliphatic carbocycles. The summed E-state index contributed by atoms with van der Waals surface area (Å²) in [5.41, 5.74) is 15.1. The highest BCUT2D eigenvalue weighted by atomic mass is 15.0. The Balaban J connectivity index is 0.000000149. The first-order valence-electron chi connectivity index (χ1n) is 19.3. The molecule has 10 aromatic rings. The Morgan fingerprint density at radius 1 is 0.286 bits per heavy atom. The Morgan fingerprint density at radius 3 is 1.43 bits per heavy atom. The number of nitrogens with zero attached hydrogens (tertiary/aromatic N) is 1. The van der Waals surface area contributed by atoms with Crippen LogP contribution in [-0.4, -0.2) is 4.57 Å². The maximum Gasteiger partial charge on any atom is 0.0547 e. The summed E-state index contributed by atoms with van der Waals surface area (Å²) in [7, 11) is 0. The number of para-hydroxylation sites is 1. The smallest absolute Gasteiger partial charge is 0.0547 e. The number of aryl methyl sites for hydroxylation is 3. The summed E-state index contributed by atoms with van der Waals surface area (Å²) in [6, 6.07) is 77.5. The Kier molecular flexibility index (Phi) is 10.7. The number of hydrogen-bond donors (Lipinski definition) is 0. The van der Waals surface area contributed by atoms with E-state index < -0.39 is 0 Å². The van der Waals surface area contributed by atoms with Gasteiger partial charge < -0.3 is 4.57 Å². The largest absolute Gasteiger partial charge is 0.309 e. The molecule has 1 aromatic heterocycles. The van der Waals surface area contributed by atoms with Crippen molar-refractivity contribution in [3.63, 3.8) is 0 Å². The maximum absolute atomic E-state index is 2.39. The molecule has 0 unspecified atom stereocenters. The molecule has 0 amide bonds. The topological polar surface area (TPSA) is 4.93 Å². The van der Waals surface area contributed by atoms with Gasteiger partial charge in [-0.1, -0.05) is 205 Å². The maximum atomic E-state index is 2.39. The molecule has 10 rings (SSSR count). The average molecular weight is 720 g/mol. The fourth-order valence-electron chi connectivity index (χ4n) is 7.45. The fraction of sp³-hybridized carbons (Fsp3) is 0.0545. The van der Waals surface area contributed by atoms with Crippen LogP contribution in [0.2, 0.25) is 0 Å². The van der Waals surface area contributed by atoms with Crippen molar-refractivity contribution in [2.75, 3.05) is 0 Å². The van der Waals surface area contributed by atoms with E-state index in [2.05, 4.69) is 238 Å². The molecule has 0 saturated heterocycles. The Labute approximate surface area is 330 Å². The lowest BCUT2D eigenvalue weighted by Crippen LogP contribution is -1.94. The van der Waals surface area contributed by atoms with Gasteiger partial charge in [0.05, 0.1) is 11.0 Å². The van der Waals surface area contributed by atoms with Crippen molar-refractivity contribution < 1.29 is 0 Å². The molecule has 0 bridgehead atoms. The van der Waals surface area contributed by atoms with Crippen molar-refractivity contribution in [3.05, 3.63) is 235 Å². The third-order valence-corrected chi connectivity index (χ3v) is 10.4. The SMILES string of the molecule is Cc1ccc(-c2ccccc2)cc1.Cc1cccc(-c2ccc3c4ccccc4n(-c4ccc(-c5ccccc5)cc4)c3c2)c1.Cc1cccc2ccccc12. The van der Waals surface area contributed by atoms with Gasteiger partial charge in [-0.25, -0.2) is 0 Å². The highest BCUT2D eigenvalue weighted by Crippen LogP contribution is 2.35. The summed E-state index contributed by atoms with van der Waals surface area (Å²) < 4.78 is 2.39. The lowest BCUT2D eigenvalue weighted by atomic mass is 10.0. The zero-order chi connectivity index (χ0) is 38.3. The second kappa shape index (κ2) is 16.6. The number of hydrogen-bond acceptors (Lipinski definition) is 0. The van der Waals surface area contributed by atoms with Crippen LogP contribution in [0.25, 0.3) is 71.6 Å². The number of rotatable bonds is 4. The van der Waals surface area contributed by atoms with Gasteiger partial charge in [0.2, 0.25) is 0 Å². The molecule has 0 saturated carbocycles. The van der Waals surface area contributed by atoms with Crippen LogP contribution in [-0.2, 0) is 0 Å². The molecule has 0 atom stereocenters. The molecule has 1 heteroatoms. The minimum atomic E-state index is 1.18. The van der Waals surface area contributed by atoms with Crippen LogP contribution in [0.15, 0.2) is 218 Å². The highest BCUT2D eigenvalue weighted by molar-refractivity contribution is 6.10. The first-order valence-corrected chi connectivity index (χ1v) is 19.3. The second-order valence-corrected chi connectivity index (χ2v) is 14.4.